The van der Waals surface area contributed by atoms with Crippen molar-refractivity contribution < 1.29 is 9.13 Å². The van der Waals surface area contributed by atoms with Crippen LogP contribution < -0.4 is 0 Å². The summed E-state index contributed by atoms with van der Waals surface area (Å²) in [6.07, 6.45) is 2.65. The third-order valence-electron chi connectivity index (χ3n) is 3.13. The van der Waals surface area contributed by atoms with Crippen LogP contribution in [0.5, 0.6) is 0 Å². The fourth-order valence-electron chi connectivity index (χ4n) is 1.92. The molecule has 0 saturated carbocycles. The second-order valence-electron chi connectivity index (χ2n) is 6.09. The van der Waals surface area contributed by atoms with Gasteiger partial charge in [0.2, 0.25) is 0 Å². The molecule has 0 radical (unpaired) electrons. The fourth-order valence-corrected chi connectivity index (χ4v) is 2.91. The predicted molar refractivity (Wildman–Crippen MR) is 83.5 cm³/mol. The molecule has 2 aromatic rings. The third kappa shape index (κ3) is 3.62. The quantitative estimate of drug-likeness (QED) is 0.616. The van der Waals surface area contributed by atoms with E-state index in [2.05, 4.69) is 24.6 Å². The first kappa shape index (κ1) is 16.0. The van der Waals surface area contributed by atoms with E-state index in [1.54, 1.807) is 10.8 Å². The Morgan fingerprint density at radius 1 is 1.48 bits per heavy atom. The van der Waals surface area contributed by atoms with Crippen LogP contribution in [0.4, 0.5) is 4.39 Å². The molecule has 7 heteroatoms. The second kappa shape index (κ2) is 6.14. The lowest BCUT2D eigenvalue weighted by Crippen LogP contribution is -2.22. The molecule has 0 unspecified atom stereocenters. The molecule has 2 heterocycles. The summed E-state index contributed by atoms with van der Waals surface area (Å²) >= 11 is 5.93. The molecule has 0 spiro atoms. The van der Waals surface area contributed by atoms with Gasteiger partial charge in [0.1, 0.15) is 18.4 Å². The molecule has 0 fully saturated rings. The van der Waals surface area contributed by atoms with Crippen LogP contribution in [0.1, 0.15) is 5.56 Å². The first-order chi connectivity index (χ1) is 9.83. The lowest BCUT2D eigenvalue weighted by molar-refractivity contribution is 0.0898. The van der Waals surface area contributed by atoms with E-state index in [0.29, 0.717) is 23.2 Å². The maximum absolute atomic E-state index is 13.5. The van der Waals surface area contributed by atoms with E-state index in [-0.39, 0.29) is 11.8 Å². The van der Waals surface area contributed by atoms with Crippen LogP contribution in [0.25, 0.3) is 11.0 Å². The summed E-state index contributed by atoms with van der Waals surface area (Å²) in [5, 5.41) is 9.40. The van der Waals surface area contributed by atoms with E-state index in [1.165, 1.54) is 0 Å². The Bertz CT molecular complexity index is 703. The normalized spacial score (nSPS) is 11.8. The minimum absolute atomic E-state index is 0.0719. The molecule has 0 aliphatic carbocycles. The third-order valence-corrected chi connectivity index (χ3v) is 5.20. The molecule has 0 saturated heterocycles. The van der Waals surface area contributed by atoms with Crippen LogP contribution in [-0.4, -0.2) is 24.2 Å². The highest BCUT2D eigenvalue weighted by atomic mass is 35.5. The van der Waals surface area contributed by atoms with Crippen molar-refractivity contribution >= 4 is 30.7 Å². The molecule has 4 nitrogen and oxygen atoms in total. The largest absolute Gasteiger partial charge is 0.361 e. The predicted octanol–water partition coefficient (Wildman–Crippen LogP) is 4.01. The molecule has 0 aliphatic heterocycles. The van der Waals surface area contributed by atoms with E-state index in [4.69, 9.17) is 21.6 Å². The number of rotatable bonds is 5. The highest BCUT2D eigenvalue weighted by Gasteiger charge is 2.17. The average Bonchev–Trinajstić information content (AvgIpc) is 2.76. The van der Waals surface area contributed by atoms with E-state index in [1.807, 2.05) is 6.07 Å². The van der Waals surface area contributed by atoms with E-state index in [9.17, 15) is 4.39 Å². The molecule has 0 N–H and O–H groups in total. The lowest BCUT2D eigenvalue weighted by atomic mass is 10.2. The maximum atomic E-state index is 13.5. The molecule has 0 atom stereocenters. The van der Waals surface area contributed by atoms with Crippen LogP contribution in [-0.2, 0) is 11.5 Å². The first-order valence-corrected chi connectivity index (χ1v) is 10.7. The number of aromatic nitrogens is 2. The van der Waals surface area contributed by atoms with Gasteiger partial charge in [-0.25, -0.2) is 9.37 Å². The Hall–Kier alpha value is -1.42. The molecule has 2 aromatic heterocycles. The number of halogens is 2. The SMILES string of the molecule is C[Si](C)(C)CCOCn1cc(C#N)c2c(Cl)c(F)cnc21. The van der Waals surface area contributed by atoms with Gasteiger partial charge in [-0.3, -0.25) is 0 Å². The molecule has 0 amide bonds. The number of nitrogens with zero attached hydrogens (tertiary/aromatic N) is 3. The highest BCUT2D eigenvalue weighted by Crippen LogP contribution is 2.29. The fraction of sp³-hybridized carbons (Fsp3) is 0.429. The number of pyridine rings is 1. The van der Waals surface area contributed by atoms with Gasteiger partial charge in [0.15, 0.2) is 5.82 Å². The Labute approximate surface area is 129 Å². The van der Waals surface area contributed by atoms with Gasteiger partial charge in [-0.1, -0.05) is 31.2 Å². The summed E-state index contributed by atoms with van der Waals surface area (Å²) in [4.78, 5) is 4.02. The van der Waals surface area contributed by atoms with Crippen molar-refractivity contribution in [2.45, 2.75) is 32.4 Å². The van der Waals surface area contributed by atoms with Crippen LogP contribution >= 0.6 is 11.6 Å². The number of ether oxygens (including phenoxy) is 1. The van der Waals surface area contributed by atoms with Gasteiger partial charge in [-0.15, -0.1) is 0 Å². The van der Waals surface area contributed by atoms with Gasteiger partial charge in [-0.05, 0) is 6.04 Å². The van der Waals surface area contributed by atoms with Crippen molar-refractivity contribution in [2.24, 2.45) is 0 Å². The van der Waals surface area contributed by atoms with Gasteiger partial charge < -0.3 is 9.30 Å². The molecule has 0 aromatic carbocycles. The summed E-state index contributed by atoms with van der Waals surface area (Å²) in [6, 6.07) is 3.07. The minimum atomic E-state index is -1.14. The van der Waals surface area contributed by atoms with Crippen molar-refractivity contribution in [1.82, 2.24) is 9.55 Å². The van der Waals surface area contributed by atoms with Crippen LogP contribution in [0.3, 0.4) is 0 Å². The highest BCUT2D eigenvalue weighted by molar-refractivity contribution is 6.76. The topological polar surface area (TPSA) is 50.8 Å². The minimum Gasteiger partial charge on any atom is -0.361 e. The van der Waals surface area contributed by atoms with Gasteiger partial charge in [0, 0.05) is 20.9 Å². The zero-order valence-corrected chi connectivity index (χ0v) is 14.0. The van der Waals surface area contributed by atoms with Crippen LogP contribution in [0, 0.1) is 17.1 Å². The van der Waals surface area contributed by atoms with E-state index in [0.717, 1.165) is 12.2 Å². The van der Waals surface area contributed by atoms with E-state index < -0.39 is 13.9 Å². The van der Waals surface area contributed by atoms with Gasteiger partial charge in [0.25, 0.3) is 0 Å². The molecule has 112 valence electrons. The van der Waals surface area contributed by atoms with Crippen LogP contribution in [0.2, 0.25) is 30.7 Å². The van der Waals surface area contributed by atoms with Gasteiger partial charge in [0.05, 0.1) is 22.2 Å². The molecular formula is C14H17ClFN3OSi. The molecule has 0 aliphatic rings. The van der Waals surface area contributed by atoms with Gasteiger partial charge >= 0.3 is 0 Å². The molecular weight excluding hydrogens is 309 g/mol. The van der Waals surface area contributed by atoms with E-state index >= 15 is 0 Å². The second-order valence-corrected chi connectivity index (χ2v) is 12.1. The van der Waals surface area contributed by atoms with Crippen molar-refractivity contribution in [2.75, 3.05) is 6.61 Å². The average molecular weight is 326 g/mol. The maximum Gasteiger partial charge on any atom is 0.160 e. The summed E-state index contributed by atoms with van der Waals surface area (Å²) < 4.78 is 20.8. The molecule has 0 bridgehead atoms. The summed E-state index contributed by atoms with van der Waals surface area (Å²) in [6.45, 7) is 7.77. The zero-order valence-electron chi connectivity index (χ0n) is 12.3. The van der Waals surface area contributed by atoms with Crippen molar-refractivity contribution in [3.8, 4) is 6.07 Å². The Morgan fingerprint density at radius 2 is 2.19 bits per heavy atom. The van der Waals surface area contributed by atoms with Crippen molar-refractivity contribution in [1.29, 1.82) is 5.26 Å². The number of hydrogen-bond acceptors (Lipinski definition) is 3. The smallest absolute Gasteiger partial charge is 0.160 e. The van der Waals surface area contributed by atoms with Gasteiger partial charge in [-0.2, -0.15) is 5.26 Å². The zero-order chi connectivity index (χ0) is 15.6. The Morgan fingerprint density at radius 3 is 2.81 bits per heavy atom. The summed E-state index contributed by atoms with van der Waals surface area (Å²) in [7, 11) is -1.14. The lowest BCUT2D eigenvalue weighted by Gasteiger charge is -2.15. The Kier molecular flexibility index (Phi) is 4.66. The Balaban J connectivity index is 2.22. The number of fused-ring (bicyclic) bond motifs is 1. The van der Waals surface area contributed by atoms with Crippen LogP contribution in [0.15, 0.2) is 12.4 Å². The number of hydrogen-bond donors (Lipinski definition) is 0. The summed E-state index contributed by atoms with van der Waals surface area (Å²) in [5.41, 5.74) is 0.766. The summed E-state index contributed by atoms with van der Waals surface area (Å²) in [5.74, 6) is -0.627. The van der Waals surface area contributed by atoms with Crippen molar-refractivity contribution in [3.63, 3.8) is 0 Å². The standard InChI is InChI=1S/C14H17ClFN3OSi/c1-21(2,3)5-4-20-9-19-8-10(6-17)12-13(15)11(16)7-18-14(12)19/h7-8H,4-5,9H2,1-3H3. The number of nitriles is 1. The van der Waals surface area contributed by atoms with Crippen molar-refractivity contribution in [3.05, 3.63) is 28.8 Å². The molecule has 21 heavy (non-hydrogen) atoms. The molecule has 2 rings (SSSR count). The first-order valence-electron chi connectivity index (χ1n) is 6.64. The monoisotopic (exact) mass is 325 g/mol.